The fraction of sp³-hybridized carbons (Fsp3) is 0.125. The van der Waals surface area contributed by atoms with Gasteiger partial charge in [0.2, 0.25) is 9.84 Å². The average molecular weight is 285 g/mol. The van der Waals surface area contributed by atoms with E-state index < -0.39 is 9.84 Å². The molecule has 1 atom stereocenters. The largest absolute Gasteiger partial charge is 0.302 e. The minimum atomic E-state index is -3.44. The molecule has 0 aromatic heterocycles. The molecule has 0 spiro atoms. The summed E-state index contributed by atoms with van der Waals surface area (Å²) in [6.45, 7) is 0.570. The molecule has 2 aromatic rings. The summed E-state index contributed by atoms with van der Waals surface area (Å²) in [7, 11) is -3.44. The third-order valence-corrected chi connectivity index (χ3v) is 5.32. The van der Waals surface area contributed by atoms with E-state index in [1.54, 1.807) is 30.3 Å². The SMILES string of the molecule is O=S(=O)(C1=CCNC1c1ccccc1)c1ccccc1. The Balaban J connectivity index is 2.02. The summed E-state index contributed by atoms with van der Waals surface area (Å²) < 4.78 is 25.4. The van der Waals surface area contributed by atoms with E-state index in [1.807, 2.05) is 36.4 Å². The zero-order valence-electron chi connectivity index (χ0n) is 10.9. The van der Waals surface area contributed by atoms with Crippen LogP contribution in [0.25, 0.3) is 0 Å². The van der Waals surface area contributed by atoms with E-state index in [1.165, 1.54) is 0 Å². The first kappa shape index (κ1) is 13.1. The lowest BCUT2D eigenvalue weighted by atomic mass is 10.1. The van der Waals surface area contributed by atoms with Crippen LogP contribution in [-0.2, 0) is 9.84 Å². The fourth-order valence-corrected chi connectivity index (χ4v) is 4.04. The lowest BCUT2D eigenvalue weighted by Crippen LogP contribution is -2.20. The number of nitrogens with one attached hydrogen (secondary N) is 1. The normalized spacial score (nSPS) is 18.8. The molecule has 3 nitrogen and oxygen atoms in total. The van der Waals surface area contributed by atoms with Gasteiger partial charge in [0.05, 0.1) is 15.8 Å². The van der Waals surface area contributed by atoms with E-state index in [4.69, 9.17) is 0 Å². The zero-order chi connectivity index (χ0) is 14.0. The minimum absolute atomic E-state index is 0.263. The van der Waals surface area contributed by atoms with Crippen molar-refractivity contribution in [3.8, 4) is 0 Å². The van der Waals surface area contributed by atoms with Crippen molar-refractivity contribution in [2.75, 3.05) is 6.54 Å². The van der Waals surface area contributed by atoms with Crippen molar-refractivity contribution in [1.82, 2.24) is 5.32 Å². The van der Waals surface area contributed by atoms with Crippen LogP contribution in [0.4, 0.5) is 0 Å². The minimum Gasteiger partial charge on any atom is -0.302 e. The predicted molar refractivity (Wildman–Crippen MR) is 78.9 cm³/mol. The van der Waals surface area contributed by atoms with Crippen molar-refractivity contribution < 1.29 is 8.42 Å². The molecule has 0 saturated carbocycles. The molecule has 0 aliphatic carbocycles. The Labute approximate surface area is 118 Å². The lowest BCUT2D eigenvalue weighted by Gasteiger charge is -2.16. The molecule has 1 N–H and O–H groups in total. The first-order valence-electron chi connectivity index (χ1n) is 6.48. The number of rotatable bonds is 3. The molecule has 102 valence electrons. The second kappa shape index (κ2) is 5.23. The molecule has 0 bridgehead atoms. The van der Waals surface area contributed by atoms with E-state index >= 15 is 0 Å². The maximum atomic E-state index is 12.7. The Kier molecular flexibility index (Phi) is 3.42. The molecule has 1 heterocycles. The summed E-state index contributed by atoms with van der Waals surface area (Å²) in [6.07, 6.45) is 1.76. The van der Waals surface area contributed by atoms with E-state index in [2.05, 4.69) is 5.32 Å². The van der Waals surface area contributed by atoms with Crippen molar-refractivity contribution in [3.63, 3.8) is 0 Å². The second-order valence-corrected chi connectivity index (χ2v) is 6.62. The van der Waals surface area contributed by atoms with Gasteiger partial charge >= 0.3 is 0 Å². The standard InChI is InChI=1S/C16H15NO2S/c18-20(19,14-9-5-2-6-10-14)15-11-12-17-16(15)13-7-3-1-4-8-13/h1-11,16-17H,12H2. The number of benzene rings is 2. The van der Waals surface area contributed by atoms with Crippen LogP contribution < -0.4 is 5.32 Å². The number of hydrogen-bond donors (Lipinski definition) is 1. The monoisotopic (exact) mass is 285 g/mol. The van der Waals surface area contributed by atoms with E-state index in [0.717, 1.165) is 5.56 Å². The topological polar surface area (TPSA) is 46.2 Å². The van der Waals surface area contributed by atoms with E-state index in [-0.39, 0.29) is 6.04 Å². The van der Waals surface area contributed by atoms with Crippen LogP contribution in [0.1, 0.15) is 11.6 Å². The van der Waals surface area contributed by atoms with Crippen molar-refractivity contribution >= 4 is 9.84 Å². The molecular formula is C16H15NO2S. The van der Waals surface area contributed by atoms with Crippen molar-refractivity contribution in [2.45, 2.75) is 10.9 Å². The molecule has 0 radical (unpaired) electrons. The smallest absolute Gasteiger partial charge is 0.204 e. The lowest BCUT2D eigenvalue weighted by molar-refractivity contribution is 0.594. The summed E-state index contributed by atoms with van der Waals surface area (Å²) in [5.74, 6) is 0. The molecule has 4 heteroatoms. The van der Waals surface area contributed by atoms with Crippen LogP contribution >= 0.6 is 0 Å². The number of sulfone groups is 1. The molecule has 1 unspecified atom stereocenters. The van der Waals surface area contributed by atoms with Crippen LogP contribution in [0.3, 0.4) is 0 Å². The van der Waals surface area contributed by atoms with Crippen LogP contribution in [-0.4, -0.2) is 15.0 Å². The second-order valence-electron chi connectivity index (χ2n) is 4.67. The molecule has 2 aromatic carbocycles. The van der Waals surface area contributed by atoms with E-state index in [9.17, 15) is 8.42 Å². The molecule has 3 rings (SSSR count). The maximum absolute atomic E-state index is 12.7. The predicted octanol–water partition coefficient (Wildman–Crippen LogP) is 2.69. The Morgan fingerprint density at radius 1 is 0.900 bits per heavy atom. The first-order valence-corrected chi connectivity index (χ1v) is 7.96. The van der Waals surface area contributed by atoms with Gasteiger partial charge < -0.3 is 5.32 Å². The van der Waals surface area contributed by atoms with Gasteiger partial charge in [0.1, 0.15) is 0 Å². The maximum Gasteiger partial charge on any atom is 0.204 e. The van der Waals surface area contributed by atoms with Gasteiger partial charge in [-0.05, 0) is 17.7 Å². The first-order chi connectivity index (χ1) is 9.69. The zero-order valence-corrected chi connectivity index (χ0v) is 11.7. The third kappa shape index (κ3) is 2.28. The Bertz CT molecular complexity index is 722. The van der Waals surface area contributed by atoms with Crippen molar-refractivity contribution in [2.24, 2.45) is 0 Å². The summed E-state index contributed by atoms with van der Waals surface area (Å²) in [4.78, 5) is 0.783. The van der Waals surface area contributed by atoms with Crippen molar-refractivity contribution in [3.05, 3.63) is 77.2 Å². The fourth-order valence-electron chi connectivity index (χ4n) is 2.42. The molecule has 1 aliphatic rings. The highest BCUT2D eigenvalue weighted by Crippen LogP contribution is 2.33. The summed E-state index contributed by atoms with van der Waals surface area (Å²) in [5.41, 5.74) is 0.968. The van der Waals surface area contributed by atoms with Crippen LogP contribution in [0.15, 0.2) is 76.5 Å². The van der Waals surface area contributed by atoms with Gasteiger partial charge in [0.25, 0.3) is 0 Å². The van der Waals surface area contributed by atoms with Gasteiger partial charge in [0.15, 0.2) is 0 Å². The van der Waals surface area contributed by atoms with Gasteiger partial charge in [-0.25, -0.2) is 8.42 Å². The van der Waals surface area contributed by atoms with Crippen LogP contribution in [0, 0.1) is 0 Å². The molecule has 1 aliphatic heterocycles. The average Bonchev–Trinajstić information content (AvgIpc) is 2.99. The van der Waals surface area contributed by atoms with Gasteiger partial charge in [-0.3, -0.25) is 0 Å². The molecule has 0 saturated heterocycles. The van der Waals surface area contributed by atoms with Crippen molar-refractivity contribution in [1.29, 1.82) is 0 Å². The summed E-state index contributed by atoms with van der Waals surface area (Å²) >= 11 is 0. The van der Waals surface area contributed by atoms with Gasteiger partial charge in [-0.1, -0.05) is 54.6 Å². The molecule has 0 amide bonds. The molecule has 0 fully saturated rings. The quantitative estimate of drug-likeness (QED) is 0.943. The summed E-state index contributed by atoms with van der Waals surface area (Å²) in [6, 6.07) is 18.0. The van der Waals surface area contributed by atoms with Gasteiger partial charge in [-0.2, -0.15) is 0 Å². The Hall–Kier alpha value is -1.91. The van der Waals surface area contributed by atoms with Gasteiger partial charge in [-0.15, -0.1) is 0 Å². The third-order valence-electron chi connectivity index (χ3n) is 3.41. The Morgan fingerprint density at radius 2 is 1.50 bits per heavy atom. The summed E-state index contributed by atoms with van der Waals surface area (Å²) in [5, 5.41) is 3.23. The van der Waals surface area contributed by atoms with E-state index in [0.29, 0.717) is 16.3 Å². The molecular weight excluding hydrogens is 270 g/mol. The van der Waals surface area contributed by atoms with Gasteiger partial charge in [0, 0.05) is 6.54 Å². The van der Waals surface area contributed by atoms with Crippen LogP contribution in [0.5, 0.6) is 0 Å². The highest BCUT2D eigenvalue weighted by molar-refractivity contribution is 7.95. The van der Waals surface area contributed by atoms with Crippen LogP contribution in [0.2, 0.25) is 0 Å². The molecule has 20 heavy (non-hydrogen) atoms. The highest BCUT2D eigenvalue weighted by Gasteiger charge is 2.31. The highest BCUT2D eigenvalue weighted by atomic mass is 32.2. The Morgan fingerprint density at radius 3 is 2.15 bits per heavy atom. The number of hydrogen-bond acceptors (Lipinski definition) is 3.